The molecule has 0 aromatic carbocycles. The molecule has 1 saturated heterocycles. The predicted octanol–water partition coefficient (Wildman–Crippen LogP) is 0.949. The third-order valence-corrected chi connectivity index (χ3v) is 3.62. The Morgan fingerprint density at radius 3 is 2.95 bits per heavy atom. The summed E-state index contributed by atoms with van der Waals surface area (Å²) in [6.45, 7) is 7.10. The van der Waals surface area contributed by atoms with Gasteiger partial charge in [0.05, 0.1) is 11.8 Å². The maximum absolute atomic E-state index is 12.5. The third kappa shape index (κ3) is 3.36. The van der Waals surface area contributed by atoms with Crippen LogP contribution in [0.15, 0.2) is 16.7 Å². The zero-order chi connectivity index (χ0) is 13.7. The Kier molecular flexibility index (Phi) is 4.99. The Bertz CT molecular complexity index is 417. The number of hydrogen-bond donors (Lipinski definition) is 1. The molecule has 1 aliphatic rings. The van der Waals surface area contributed by atoms with E-state index in [4.69, 9.17) is 10.2 Å². The first-order valence-electron chi connectivity index (χ1n) is 7.04. The Labute approximate surface area is 114 Å². The van der Waals surface area contributed by atoms with Gasteiger partial charge in [0.1, 0.15) is 5.76 Å². The number of carbonyl (C=O) groups is 1. The topological polar surface area (TPSA) is 62.7 Å². The fraction of sp³-hybridized carbons (Fsp3) is 0.643. The molecule has 1 aliphatic heterocycles. The van der Waals surface area contributed by atoms with Crippen LogP contribution in [0.1, 0.15) is 29.5 Å². The number of aryl methyl sites for hydroxylation is 1. The van der Waals surface area contributed by atoms with Crippen LogP contribution >= 0.6 is 0 Å². The van der Waals surface area contributed by atoms with E-state index in [-0.39, 0.29) is 5.91 Å². The highest BCUT2D eigenvalue weighted by atomic mass is 16.3. The Morgan fingerprint density at radius 1 is 1.37 bits per heavy atom. The Hall–Kier alpha value is -1.33. The zero-order valence-electron chi connectivity index (χ0n) is 11.6. The lowest BCUT2D eigenvalue weighted by Crippen LogP contribution is -2.36. The van der Waals surface area contributed by atoms with Crippen LogP contribution in [-0.4, -0.2) is 55.0 Å². The fourth-order valence-electron chi connectivity index (χ4n) is 2.56. The molecule has 0 radical (unpaired) electrons. The molecule has 1 amide bonds. The van der Waals surface area contributed by atoms with Gasteiger partial charge in [0.25, 0.3) is 5.91 Å². The first-order chi connectivity index (χ1) is 9.26. The van der Waals surface area contributed by atoms with E-state index in [1.165, 1.54) is 0 Å². The lowest BCUT2D eigenvalue weighted by molar-refractivity contribution is 0.0759. The molecule has 0 aliphatic carbocycles. The average molecular weight is 265 g/mol. The molecule has 0 spiro atoms. The van der Waals surface area contributed by atoms with E-state index >= 15 is 0 Å². The van der Waals surface area contributed by atoms with Gasteiger partial charge in [-0.2, -0.15) is 0 Å². The standard InChI is InChI=1S/C14H23N3O2/c1-2-13-12(4-11-19-13)14(18)17-7-3-6-16(8-5-15)9-10-17/h4,11H,2-3,5-10,15H2,1H3. The van der Waals surface area contributed by atoms with Gasteiger partial charge in [-0.25, -0.2) is 0 Å². The van der Waals surface area contributed by atoms with Gasteiger partial charge in [-0.05, 0) is 19.0 Å². The third-order valence-electron chi connectivity index (χ3n) is 3.62. The molecule has 106 valence electrons. The highest BCUT2D eigenvalue weighted by molar-refractivity contribution is 5.95. The van der Waals surface area contributed by atoms with Crippen molar-refractivity contribution in [2.45, 2.75) is 19.8 Å². The number of carbonyl (C=O) groups excluding carboxylic acids is 1. The number of hydrogen-bond acceptors (Lipinski definition) is 4. The van der Waals surface area contributed by atoms with Crippen molar-refractivity contribution in [1.29, 1.82) is 0 Å². The second-order valence-electron chi connectivity index (χ2n) is 4.89. The van der Waals surface area contributed by atoms with Crippen LogP contribution in [0.25, 0.3) is 0 Å². The van der Waals surface area contributed by atoms with E-state index in [2.05, 4.69) is 4.90 Å². The van der Waals surface area contributed by atoms with Crippen LogP contribution in [0, 0.1) is 0 Å². The summed E-state index contributed by atoms with van der Waals surface area (Å²) in [4.78, 5) is 16.7. The van der Waals surface area contributed by atoms with Crippen LogP contribution in [-0.2, 0) is 6.42 Å². The highest BCUT2D eigenvalue weighted by Gasteiger charge is 2.22. The largest absolute Gasteiger partial charge is 0.469 e. The van der Waals surface area contributed by atoms with Crippen molar-refractivity contribution in [1.82, 2.24) is 9.80 Å². The summed E-state index contributed by atoms with van der Waals surface area (Å²) in [6.07, 6.45) is 3.36. The second kappa shape index (κ2) is 6.73. The van der Waals surface area contributed by atoms with Crippen molar-refractivity contribution in [3.05, 3.63) is 23.7 Å². The van der Waals surface area contributed by atoms with E-state index in [9.17, 15) is 4.79 Å². The number of nitrogens with two attached hydrogens (primary N) is 1. The van der Waals surface area contributed by atoms with Gasteiger partial charge in [-0.3, -0.25) is 4.79 Å². The van der Waals surface area contributed by atoms with Crippen molar-refractivity contribution in [3.63, 3.8) is 0 Å². The summed E-state index contributed by atoms with van der Waals surface area (Å²) in [6, 6.07) is 1.78. The summed E-state index contributed by atoms with van der Waals surface area (Å²) >= 11 is 0. The number of rotatable bonds is 4. The molecular weight excluding hydrogens is 242 g/mol. The van der Waals surface area contributed by atoms with Gasteiger partial charge in [-0.15, -0.1) is 0 Å². The lowest BCUT2D eigenvalue weighted by atomic mass is 10.2. The van der Waals surface area contributed by atoms with E-state index in [1.807, 2.05) is 11.8 Å². The van der Waals surface area contributed by atoms with Crippen LogP contribution in [0.3, 0.4) is 0 Å². The maximum Gasteiger partial charge on any atom is 0.257 e. The summed E-state index contributed by atoms with van der Waals surface area (Å²) in [5.41, 5.74) is 6.30. The van der Waals surface area contributed by atoms with Crippen molar-refractivity contribution in [3.8, 4) is 0 Å². The van der Waals surface area contributed by atoms with E-state index < -0.39 is 0 Å². The molecule has 0 saturated carbocycles. The minimum absolute atomic E-state index is 0.0974. The van der Waals surface area contributed by atoms with Gasteiger partial charge < -0.3 is 20.0 Å². The molecule has 0 unspecified atom stereocenters. The lowest BCUT2D eigenvalue weighted by Gasteiger charge is -2.21. The number of amides is 1. The van der Waals surface area contributed by atoms with E-state index in [0.29, 0.717) is 6.54 Å². The van der Waals surface area contributed by atoms with E-state index in [1.54, 1.807) is 12.3 Å². The molecule has 2 heterocycles. The van der Waals surface area contributed by atoms with Crippen LogP contribution in [0.2, 0.25) is 0 Å². The van der Waals surface area contributed by atoms with Gasteiger partial charge in [0.2, 0.25) is 0 Å². The molecule has 5 heteroatoms. The molecule has 0 bridgehead atoms. The van der Waals surface area contributed by atoms with Crippen molar-refractivity contribution in [2.24, 2.45) is 5.73 Å². The second-order valence-corrected chi connectivity index (χ2v) is 4.89. The van der Waals surface area contributed by atoms with Gasteiger partial charge in [-0.1, -0.05) is 6.92 Å². The summed E-state index contributed by atoms with van der Waals surface area (Å²) in [5.74, 6) is 0.883. The molecule has 2 rings (SSSR count). The summed E-state index contributed by atoms with van der Waals surface area (Å²) < 4.78 is 5.34. The number of nitrogens with zero attached hydrogens (tertiary/aromatic N) is 2. The first-order valence-corrected chi connectivity index (χ1v) is 7.04. The van der Waals surface area contributed by atoms with Crippen molar-refractivity contribution in [2.75, 3.05) is 39.3 Å². The zero-order valence-corrected chi connectivity index (χ0v) is 11.6. The average Bonchev–Trinajstić information content (AvgIpc) is 2.78. The van der Waals surface area contributed by atoms with Crippen LogP contribution < -0.4 is 5.73 Å². The molecule has 19 heavy (non-hydrogen) atoms. The Morgan fingerprint density at radius 2 is 2.21 bits per heavy atom. The minimum Gasteiger partial charge on any atom is -0.469 e. The minimum atomic E-state index is 0.0974. The Balaban J connectivity index is 2.00. The molecule has 1 fully saturated rings. The van der Waals surface area contributed by atoms with Gasteiger partial charge in [0.15, 0.2) is 0 Å². The highest BCUT2D eigenvalue weighted by Crippen LogP contribution is 2.15. The first kappa shape index (κ1) is 14.1. The van der Waals surface area contributed by atoms with Gasteiger partial charge in [0, 0.05) is 39.1 Å². The molecular formula is C14H23N3O2. The normalized spacial score (nSPS) is 17.5. The molecule has 2 N–H and O–H groups in total. The number of furan rings is 1. The molecule has 1 aromatic rings. The predicted molar refractivity (Wildman–Crippen MR) is 74.1 cm³/mol. The van der Waals surface area contributed by atoms with E-state index in [0.717, 1.165) is 56.9 Å². The smallest absolute Gasteiger partial charge is 0.257 e. The SMILES string of the molecule is CCc1occc1C(=O)N1CCCN(CCN)CC1. The fourth-order valence-corrected chi connectivity index (χ4v) is 2.56. The van der Waals surface area contributed by atoms with Crippen LogP contribution in [0.4, 0.5) is 0 Å². The maximum atomic E-state index is 12.5. The van der Waals surface area contributed by atoms with Crippen molar-refractivity contribution >= 4 is 5.91 Å². The molecule has 5 nitrogen and oxygen atoms in total. The molecule has 1 aromatic heterocycles. The van der Waals surface area contributed by atoms with Crippen LogP contribution in [0.5, 0.6) is 0 Å². The monoisotopic (exact) mass is 265 g/mol. The molecule has 0 atom stereocenters. The summed E-state index contributed by atoms with van der Waals surface area (Å²) in [7, 11) is 0. The summed E-state index contributed by atoms with van der Waals surface area (Å²) in [5, 5.41) is 0. The quantitative estimate of drug-likeness (QED) is 0.880. The van der Waals surface area contributed by atoms with Crippen molar-refractivity contribution < 1.29 is 9.21 Å². The van der Waals surface area contributed by atoms with Gasteiger partial charge >= 0.3 is 0 Å².